The first-order valence-electron chi connectivity index (χ1n) is 6.07. The van der Waals surface area contributed by atoms with Gasteiger partial charge in [0.2, 0.25) is 15.9 Å². The standard InChI is InChI=1S/C12H18BrN3O3S/c1-3-6-15-12(17)8-16(2)20(18,19)11-5-4-9(14)7-10(11)13/h4-5,7H,3,6,8,14H2,1-2H3,(H,15,17). The quantitative estimate of drug-likeness (QED) is 0.742. The number of halogens is 1. The number of carbonyl (C=O) groups excluding carboxylic acids is 1. The molecule has 0 aliphatic carbocycles. The zero-order valence-corrected chi connectivity index (χ0v) is 13.8. The summed E-state index contributed by atoms with van der Waals surface area (Å²) in [7, 11) is -2.37. The highest BCUT2D eigenvalue weighted by molar-refractivity contribution is 9.10. The van der Waals surface area contributed by atoms with E-state index >= 15 is 0 Å². The van der Waals surface area contributed by atoms with Crippen LogP contribution in [0.15, 0.2) is 27.6 Å². The Labute approximate surface area is 127 Å². The van der Waals surface area contributed by atoms with Crippen LogP contribution >= 0.6 is 15.9 Å². The second-order valence-electron chi connectivity index (χ2n) is 4.30. The lowest BCUT2D eigenvalue weighted by molar-refractivity contribution is -0.121. The molecular formula is C12H18BrN3O3S. The van der Waals surface area contributed by atoms with Gasteiger partial charge >= 0.3 is 0 Å². The molecule has 1 aromatic carbocycles. The Morgan fingerprint density at radius 1 is 1.45 bits per heavy atom. The molecule has 1 amide bonds. The number of carbonyl (C=O) groups is 1. The predicted molar refractivity (Wildman–Crippen MR) is 81.7 cm³/mol. The van der Waals surface area contributed by atoms with E-state index in [2.05, 4.69) is 21.2 Å². The molecule has 0 saturated heterocycles. The maximum absolute atomic E-state index is 12.3. The van der Waals surface area contributed by atoms with Gasteiger partial charge in [-0.2, -0.15) is 4.31 Å². The van der Waals surface area contributed by atoms with E-state index in [1.807, 2.05) is 6.92 Å². The summed E-state index contributed by atoms with van der Waals surface area (Å²) in [5.74, 6) is -0.329. The molecule has 112 valence electrons. The van der Waals surface area contributed by atoms with Crippen molar-refractivity contribution in [1.29, 1.82) is 0 Å². The van der Waals surface area contributed by atoms with Crippen LogP contribution < -0.4 is 11.1 Å². The molecule has 6 nitrogen and oxygen atoms in total. The Morgan fingerprint density at radius 3 is 2.65 bits per heavy atom. The smallest absolute Gasteiger partial charge is 0.244 e. The molecule has 0 heterocycles. The Balaban J connectivity index is 2.90. The van der Waals surface area contributed by atoms with Crippen LogP contribution in [-0.2, 0) is 14.8 Å². The summed E-state index contributed by atoms with van der Waals surface area (Å²) in [6, 6.07) is 4.43. The third-order valence-corrected chi connectivity index (χ3v) is 5.36. The minimum absolute atomic E-state index is 0.0810. The zero-order valence-electron chi connectivity index (χ0n) is 11.4. The summed E-state index contributed by atoms with van der Waals surface area (Å²) in [5, 5.41) is 2.63. The Morgan fingerprint density at radius 2 is 2.10 bits per heavy atom. The van der Waals surface area contributed by atoms with Crippen molar-refractivity contribution in [2.75, 3.05) is 25.9 Å². The maximum atomic E-state index is 12.3. The van der Waals surface area contributed by atoms with E-state index in [4.69, 9.17) is 5.73 Å². The first kappa shape index (κ1) is 16.9. The van der Waals surface area contributed by atoms with E-state index in [1.165, 1.54) is 25.2 Å². The number of nitrogens with zero attached hydrogens (tertiary/aromatic N) is 1. The number of likely N-dealkylation sites (N-methyl/N-ethyl adjacent to an activating group) is 1. The van der Waals surface area contributed by atoms with Crippen molar-refractivity contribution in [3.8, 4) is 0 Å². The van der Waals surface area contributed by atoms with Gasteiger partial charge in [0, 0.05) is 23.8 Å². The normalized spacial score (nSPS) is 11.6. The average molecular weight is 364 g/mol. The summed E-state index contributed by atoms with van der Waals surface area (Å²) in [6.45, 7) is 2.23. The highest BCUT2D eigenvalue weighted by atomic mass is 79.9. The van der Waals surface area contributed by atoms with Gasteiger partial charge in [-0.25, -0.2) is 8.42 Å². The molecule has 0 bridgehead atoms. The second-order valence-corrected chi connectivity index (χ2v) is 7.17. The Kier molecular flexibility index (Phi) is 5.97. The highest BCUT2D eigenvalue weighted by Crippen LogP contribution is 2.26. The lowest BCUT2D eigenvalue weighted by Crippen LogP contribution is -2.38. The van der Waals surface area contributed by atoms with E-state index in [9.17, 15) is 13.2 Å². The van der Waals surface area contributed by atoms with Gasteiger partial charge in [0.25, 0.3) is 0 Å². The van der Waals surface area contributed by atoms with Gasteiger partial charge in [0.15, 0.2) is 0 Å². The average Bonchev–Trinajstić information content (AvgIpc) is 2.35. The molecule has 1 rings (SSSR count). The van der Waals surface area contributed by atoms with Crippen molar-refractivity contribution >= 4 is 37.5 Å². The molecular weight excluding hydrogens is 346 g/mol. The molecule has 20 heavy (non-hydrogen) atoms. The van der Waals surface area contributed by atoms with Gasteiger partial charge in [-0.05, 0) is 40.5 Å². The van der Waals surface area contributed by atoms with E-state index in [-0.39, 0.29) is 17.3 Å². The number of hydrogen-bond donors (Lipinski definition) is 2. The second kappa shape index (κ2) is 7.05. The van der Waals surface area contributed by atoms with E-state index in [1.54, 1.807) is 0 Å². The van der Waals surface area contributed by atoms with Crippen molar-refractivity contribution in [1.82, 2.24) is 9.62 Å². The molecule has 0 fully saturated rings. The number of sulfonamides is 1. The fraction of sp³-hybridized carbons (Fsp3) is 0.417. The predicted octanol–water partition coefficient (Wildman–Crippen LogP) is 1.18. The third kappa shape index (κ3) is 4.19. The molecule has 0 saturated carbocycles. The zero-order chi connectivity index (χ0) is 15.3. The summed E-state index contributed by atoms with van der Waals surface area (Å²) in [4.78, 5) is 11.7. The van der Waals surface area contributed by atoms with E-state index in [0.717, 1.165) is 10.7 Å². The minimum Gasteiger partial charge on any atom is -0.399 e. The maximum Gasteiger partial charge on any atom is 0.244 e. The Bertz CT molecular complexity index is 590. The number of nitrogen functional groups attached to an aromatic ring is 1. The van der Waals surface area contributed by atoms with Crippen molar-refractivity contribution < 1.29 is 13.2 Å². The molecule has 0 aliphatic rings. The Hall–Kier alpha value is -1.12. The number of nitrogens with one attached hydrogen (secondary N) is 1. The number of benzene rings is 1. The van der Waals surface area contributed by atoms with Crippen LogP contribution in [0.3, 0.4) is 0 Å². The monoisotopic (exact) mass is 363 g/mol. The number of rotatable bonds is 6. The molecule has 0 radical (unpaired) electrons. The summed E-state index contributed by atoms with van der Waals surface area (Å²) in [5.41, 5.74) is 6.04. The fourth-order valence-corrected chi connectivity index (χ4v) is 3.68. The number of hydrogen-bond acceptors (Lipinski definition) is 4. The SMILES string of the molecule is CCCNC(=O)CN(C)S(=O)(=O)c1ccc(N)cc1Br. The topological polar surface area (TPSA) is 92.5 Å². The van der Waals surface area contributed by atoms with E-state index in [0.29, 0.717) is 16.7 Å². The number of anilines is 1. The van der Waals surface area contributed by atoms with Gasteiger partial charge in [0.05, 0.1) is 11.4 Å². The molecule has 0 spiro atoms. The molecule has 0 atom stereocenters. The molecule has 0 unspecified atom stereocenters. The first-order valence-corrected chi connectivity index (χ1v) is 8.30. The molecule has 1 aromatic rings. The van der Waals surface area contributed by atoms with Gasteiger partial charge in [0.1, 0.15) is 0 Å². The molecule has 0 aliphatic heterocycles. The van der Waals surface area contributed by atoms with Crippen LogP contribution in [0.1, 0.15) is 13.3 Å². The first-order chi connectivity index (χ1) is 9.28. The summed E-state index contributed by atoms with van der Waals surface area (Å²) >= 11 is 3.17. The van der Waals surface area contributed by atoms with Crippen LogP contribution in [0.4, 0.5) is 5.69 Å². The fourth-order valence-electron chi connectivity index (χ4n) is 1.50. The van der Waals surface area contributed by atoms with Gasteiger partial charge in [-0.3, -0.25) is 4.79 Å². The van der Waals surface area contributed by atoms with Gasteiger partial charge < -0.3 is 11.1 Å². The molecule has 3 N–H and O–H groups in total. The van der Waals surface area contributed by atoms with Crippen molar-refractivity contribution in [3.05, 3.63) is 22.7 Å². The molecule has 0 aromatic heterocycles. The van der Waals surface area contributed by atoms with Crippen LogP contribution in [0.5, 0.6) is 0 Å². The van der Waals surface area contributed by atoms with Gasteiger partial charge in [-0.15, -0.1) is 0 Å². The highest BCUT2D eigenvalue weighted by Gasteiger charge is 2.25. The third-order valence-electron chi connectivity index (χ3n) is 2.58. The summed E-state index contributed by atoms with van der Waals surface area (Å²) < 4.78 is 26.1. The number of amides is 1. The van der Waals surface area contributed by atoms with Crippen molar-refractivity contribution in [3.63, 3.8) is 0 Å². The van der Waals surface area contributed by atoms with Crippen LogP contribution in [0, 0.1) is 0 Å². The van der Waals surface area contributed by atoms with Gasteiger partial charge in [-0.1, -0.05) is 6.92 Å². The number of nitrogens with two attached hydrogens (primary N) is 1. The van der Waals surface area contributed by atoms with Crippen molar-refractivity contribution in [2.45, 2.75) is 18.2 Å². The van der Waals surface area contributed by atoms with Crippen LogP contribution in [0.2, 0.25) is 0 Å². The van der Waals surface area contributed by atoms with Crippen LogP contribution in [-0.4, -0.2) is 38.8 Å². The summed E-state index contributed by atoms with van der Waals surface area (Å²) in [6.07, 6.45) is 0.797. The van der Waals surface area contributed by atoms with E-state index < -0.39 is 10.0 Å². The lowest BCUT2D eigenvalue weighted by atomic mass is 10.3. The van der Waals surface area contributed by atoms with Crippen LogP contribution in [0.25, 0.3) is 0 Å². The lowest BCUT2D eigenvalue weighted by Gasteiger charge is -2.17. The molecule has 8 heteroatoms. The minimum atomic E-state index is -3.74. The largest absolute Gasteiger partial charge is 0.399 e. The van der Waals surface area contributed by atoms with Crippen molar-refractivity contribution in [2.24, 2.45) is 0 Å².